The van der Waals surface area contributed by atoms with E-state index in [-0.39, 0.29) is 11.6 Å². The molecule has 28 heavy (non-hydrogen) atoms. The lowest BCUT2D eigenvalue weighted by Crippen LogP contribution is -2.15. The average Bonchev–Trinajstić information content (AvgIpc) is 3.16. The number of benzene rings is 1. The number of halogens is 1. The molecule has 0 unspecified atom stereocenters. The zero-order valence-corrected chi connectivity index (χ0v) is 17.6. The lowest BCUT2D eigenvalue weighted by Gasteiger charge is -2.07. The highest BCUT2D eigenvalue weighted by Gasteiger charge is 2.19. The first-order valence-electron chi connectivity index (χ1n) is 8.52. The summed E-state index contributed by atoms with van der Waals surface area (Å²) in [6, 6.07) is 7.23. The van der Waals surface area contributed by atoms with Crippen molar-refractivity contribution in [1.29, 1.82) is 0 Å². The minimum Gasteiger partial charge on any atom is -0.464 e. The van der Waals surface area contributed by atoms with E-state index in [2.05, 4.69) is 31.4 Å². The molecule has 1 N–H and O–H groups in total. The van der Waals surface area contributed by atoms with Crippen molar-refractivity contribution >= 4 is 33.5 Å². The Hall–Kier alpha value is -2.94. The van der Waals surface area contributed by atoms with E-state index in [1.54, 1.807) is 25.4 Å². The minimum atomic E-state index is -0.609. The third-order valence-electron chi connectivity index (χ3n) is 4.30. The largest absolute Gasteiger partial charge is 0.464 e. The van der Waals surface area contributed by atoms with Gasteiger partial charge in [-0.1, -0.05) is 12.1 Å². The van der Waals surface area contributed by atoms with Gasteiger partial charge in [-0.15, -0.1) is 0 Å². The Morgan fingerprint density at radius 1 is 1.18 bits per heavy atom. The molecular weight excluding hydrogens is 426 g/mol. The summed E-state index contributed by atoms with van der Waals surface area (Å²) in [5, 5.41) is 11.2. The van der Waals surface area contributed by atoms with E-state index in [1.165, 1.54) is 11.8 Å². The zero-order valence-electron chi connectivity index (χ0n) is 16.0. The molecule has 0 spiro atoms. The Labute approximate surface area is 170 Å². The molecule has 0 aliphatic rings. The van der Waals surface area contributed by atoms with Crippen molar-refractivity contribution < 1.29 is 14.3 Å². The molecule has 0 bridgehead atoms. The summed E-state index contributed by atoms with van der Waals surface area (Å²) in [6.07, 6.45) is 1.55. The highest BCUT2D eigenvalue weighted by Crippen LogP contribution is 2.21. The van der Waals surface area contributed by atoms with Crippen LogP contribution in [0.15, 0.2) is 34.9 Å². The Balaban J connectivity index is 1.74. The first kappa shape index (κ1) is 19.8. The first-order chi connectivity index (χ1) is 13.3. The van der Waals surface area contributed by atoms with Gasteiger partial charge in [0.25, 0.3) is 5.91 Å². The molecule has 0 fully saturated rings. The van der Waals surface area contributed by atoms with Crippen LogP contribution in [-0.4, -0.2) is 38.5 Å². The van der Waals surface area contributed by atoms with E-state index in [0.29, 0.717) is 17.8 Å². The number of carbonyl (C=O) groups excluding carboxylic acids is 2. The smallest absolute Gasteiger partial charge is 0.360 e. The molecule has 0 atom stereocenters. The van der Waals surface area contributed by atoms with Gasteiger partial charge in [-0.2, -0.15) is 10.2 Å². The number of aromatic nitrogens is 4. The number of nitrogens with one attached hydrogen (secondary N) is 1. The number of anilines is 1. The van der Waals surface area contributed by atoms with E-state index in [4.69, 9.17) is 4.74 Å². The molecule has 0 aliphatic carbocycles. The zero-order chi connectivity index (χ0) is 20.4. The molecule has 2 heterocycles. The molecule has 146 valence electrons. The quantitative estimate of drug-likeness (QED) is 0.609. The molecular formula is C19H20BrN5O3. The Morgan fingerprint density at radius 3 is 2.43 bits per heavy atom. The molecule has 8 nitrogen and oxygen atoms in total. The fraction of sp³-hybridized carbons (Fsp3) is 0.263. The monoisotopic (exact) mass is 445 g/mol. The second-order valence-corrected chi connectivity index (χ2v) is 7.14. The van der Waals surface area contributed by atoms with Gasteiger partial charge in [0.05, 0.1) is 35.2 Å². The van der Waals surface area contributed by atoms with Crippen molar-refractivity contribution in [3.05, 3.63) is 63.1 Å². The van der Waals surface area contributed by atoms with Crippen LogP contribution in [0.1, 0.15) is 37.8 Å². The van der Waals surface area contributed by atoms with Crippen molar-refractivity contribution in [2.45, 2.75) is 20.4 Å². The van der Waals surface area contributed by atoms with Gasteiger partial charge >= 0.3 is 5.97 Å². The summed E-state index contributed by atoms with van der Waals surface area (Å²) in [5.41, 5.74) is 3.84. The van der Waals surface area contributed by atoms with E-state index < -0.39 is 5.97 Å². The number of rotatable bonds is 5. The van der Waals surface area contributed by atoms with Crippen molar-refractivity contribution in [1.82, 2.24) is 19.6 Å². The van der Waals surface area contributed by atoms with Gasteiger partial charge in [0.15, 0.2) is 5.69 Å². The first-order valence-corrected chi connectivity index (χ1v) is 9.31. The van der Waals surface area contributed by atoms with Crippen LogP contribution in [0.3, 0.4) is 0 Å². The van der Waals surface area contributed by atoms with Crippen LogP contribution in [0.5, 0.6) is 0 Å². The second-order valence-electron chi connectivity index (χ2n) is 6.35. The molecule has 1 amide bonds. The maximum Gasteiger partial charge on any atom is 0.360 e. The summed E-state index contributed by atoms with van der Waals surface area (Å²) in [5.74, 6) is -0.944. The summed E-state index contributed by atoms with van der Waals surface area (Å²) in [6.45, 7) is 4.55. The second kappa shape index (κ2) is 7.97. The van der Waals surface area contributed by atoms with E-state index >= 15 is 0 Å². The topological polar surface area (TPSA) is 91.0 Å². The maximum absolute atomic E-state index is 12.5. The van der Waals surface area contributed by atoms with Crippen molar-refractivity contribution in [2.24, 2.45) is 7.05 Å². The van der Waals surface area contributed by atoms with Crippen LogP contribution >= 0.6 is 15.9 Å². The molecule has 1 aromatic carbocycles. The number of ether oxygens (including phenoxy) is 1. The molecule has 9 heteroatoms. The Bertz CT molecular complexity index is 1040. The van der Waals surface area contributed by atoms with Crippen molar-refractivity contribution in [3.8, 4) is 0 Å². The molecule has 3 rings (SSSR count). The van der Waals surface area contributed by atoms with Gasteiger partial charge < -0.3 is 10.1 Å². The number of aryl methyl sites for hydroxylation is 2. The molecule has 3 aromatic rings. The fourth-order valence-electron chi connectivity index (χ4n) is 2.79. The maximum atomic E-state index is 12.5. The number of amides is 1. The van der Waals surface area contributed by atoms with Crippen LogP contribution in [-0.2, 0) is 18.3 Å². The van der Waals surface area contributed by atoms with E-state index in [1.807, 2.05) is 30.7 Å². The third kappa shape index (κ3) is 3.99. The van der Waals surface area contributed by atoms with E-state index in [9.17, 15) is 9.59 Å². The van der Waals surface area contributed by atoms with E-state index in [0.717, 1.165) is 21.4 Å². The Kier molecular flexibility index (Phi) is 5.64. The fourth-order valence-corrected chi connectivity index (χ4v) is 3.07. The van der Waals surface area contributed by atoms with Gasteiger partial charge in [0.1, 0.15) is 0 Å². The van der Waals surface area contributed by atoms with Crippen LogP contribution in [0, 0.1) is 13.8 Å². The van der Waals surface area contributed by atoms with Crippen LogP contribution in [0.2, 0.25) is 0 Å². The van der Waals surface area contributed by atoms with Gasteiger partial charge in [-0.05, 0) is 47.5 Å². The lowest BCUT2D eigenvalue weighted by molar-refractivity contribution is 0.0594. The van der Waals surface area contributed by atoms with Crippen molar-refractivity contribution in [3.63, 3.8) is 0 Å². The highest BCUT2D eigenvalue weighted by molar-refractivity contribution is 9.10. The number of nitrogens with zero attached hydrogens (tertiary/aromatic N) is 4. The number of hydrogen-bond acceptors (Lipinski definition) is 5. The van der Waals surface area contributed by atoms with Gasteiger partial charge in [0.2, 0.25) is 0 Å². The third-order valence-corrected chi connectivity index (χ3v) is 5.45. The van der Waals surface area contributed by atoms with Crippen molar-refractivity contribution in [2.75, 3.05) is 12.4 Å². The van der Waals surface area contributed by atoms with Crippen LogP contribution in [0.25, 0.3) is 0 Å². The lowest BCUT2D eigenvalue weighted by atomic mass is 10.1. The molecule has 0 saturated heterocycles. The molecule has 0 saturated carbocycles. The summed E-state index contributed by atoms with van der Waals surface area (Å²) in [4.78, 5) is 24.3. The molecule has 0 radical (unpaired) electrons. The minimum absolute atomic E-state index is 0.0603. The molecule has 2 aromatic heterocycles. The van der Waals surface area contributed by atoms with Crippen LogP contribution < -0.4 is 5.32 Å². The summed E-state index contributed by atoms with van der Waals surface area (Å²) < 4.78 is 9.04. The summed E-state index contributed by atoms with van der Waals surface area (Å²) in [7, 11) is 2.93. The van der Waals surface area contributed by atoms with Crippen LogP contribution in [0.4, 0.5) is 5.69 Å². The normalized spacial score (nSPS) is 10.8. The standard InChI is InChI=1S/C19H20BrN5O3/c1-11-16(20)12(2)25(22-11)9-13-5-7-14(8-6-13)18(26)21-15-10-24(3)23-17(15)19(27)28-4/h5-8,10H,9H2,1-4H3,(H,21,26). The number of hydrogen-bond donors (Lipinski definition) is 1. The van der Waals surface area contributed by atoms with Gasteiger partial charge in [-0.3, -0.25) is 14.2 Å². The van der Waals surface area contributed by atoms with Gasteiger partial charge in [-0.25, -0.2) is 4.79 Å². The summed E-state index contributed by atoms with van der Waals surface area (Å²) >= 11 is 3.52. The van der Waals surface area contributed by atoms with Gasteiger partial charge in [0, 0.05) is 18.8 Å². The molecule has 0 aliphatic heterocycles. The number of carbonyl (C=O) groups is 2. The number of esters is 1. The predicted molar refractivity (Wildman–Crippen MR) is 107 cm³/mol. The number of methoxy groups -OCH3 is 1. The highest BCUT2D eigenvalue weighted by atomic mass is 79.9. The average molecular weight is 446 g/mol. The predicted octanol–water partition coefficient (Wildman–Crippen LogP) is 3.08. The SMILES string of the molecule is COC(=O)c1nn(C)cc1NC(=O)c1ccc(Cn2nc(C)c(Br)c2C)cc1. The Morgan fingerprint density at radius 2 is 1.86 bits per heavy atom.